The molecular formula is C43H49N3O7Si. The smallest absolute Gasteiger partial charge is 0.264 e. The van der Waals surface area contributed by atoms with Crippen molar-refractivity contribution in [2.24, 2.45) is 5.92 Å². The number of aliphatic hydroxyl groups is 1. The molecule has 4 aromatic rings. The van der Waals surface area contributed by atoms with Crippen LogP contribution in [-0.4, -0.2) is 75.3 Å². The fourth-order valence-corrected chi connectivity index (χ4v) is 13.1. The van der Waals surface area contributed by atoms with Crippen LogP contribution in [0.2, 0.25) is 18.6 Å². The van der Waals surface area contributed by atoms with Crippen LogP contribution in [0.1, 0.15) is 47.7 Å². The minimum atomic E-state index is -2.52. The first-order valence-electron chi connectivity index (χ1n) is 18.7. The molecule has 0 saturated carbocycles. The van der Waals surface area contributed by atoms with Gasteiger partial charge in [-0.05, 0) is 78.5 Å². The Morgan fingerprint density at radius 2 is 1.61 bits per heavy atom. The lowest BCUT2D eigenvalue weighted by Gasteiger charge is -2.37. The van der Waals surface area contributed by atoms with Gasteiger partial charge in [-0.1, -0.05) is 67.7 Å². The number of benzene rings is 4. The number of nitrogens with zero attached hydrogens (tertiary/aromatic N) is 2. The highest BCUT2D eigenvalue weighted by molar-refractivity contribution is 6.91. The molecule has 5 atom stereocenters. The molecule has 2 fully saturated rings. The molecule has 3 aliphatic heterocycles. The molecule has 0 radical (unpaired) electrons. The van der Waals surface area contributed by atoms with Crippen molar-refractivity contribution in [2.75, 3.05) is 37.6 Å². The third-order valence-electron chi connectivity index (χ3n) is 11.9. The summed E-state index contributed by atoms with van der Waals surface area (Å²) in [4.78, 5) is 46.5. The number of aliphatic hydroxyl groups excluding tert-OH is 1. The Morgan fingerprint density at radius 3 is 2.26 bits per heavy atom. The van der Waals surface area contributed by atoms with Crippen molar-refractivity contribution >= 4 is 42.4 Å². The Labute approximate surface area is 318 Å². The van der Waals surface area contributed by atoms with Gasteiger partial charge < -0.3 is 34.4 Å². The highest BCUT2D eigenvalue weighted by Gasteiger charge is 2.66. The summed E-state index contributed by atoms with van der Waals surface area (Å²) in [6, 6.07) is 30.2. The number of carbonyl (C=O) groups is 3. The van der Waals surface area contributed by atoms with Gasteiger partial charge >= 0.3 is 0 Å². The summed E-state index contributed by atoms with van der Waals surface area (Å²) in [5.74, 6) is 0.517. The summed E-state index contributed by atoms with van der Waals surface area (Å²) >= 11 is 0. The third kappa shape index (κ3) is 6.58. The summed E-state index contributed by atoms with van der Waals surface area (Å²) in [5.41, 5.74) is 1.79. The van der Waals surface area contributed by atoms with Gasteiger partial charge in [0.05, 0.1) is 59.7 Å². The minimum absolute atomic E-state index is 0.0716. The number of rotatable bonds is 11. The number of amides is 3. The van der Waals surface area contributed by atoms with Gasteiger partial charge in [0.15, 0.2) is 5.60 Å². The van der Waals surface area contributed by atoms with Crippen LogP contribution in [0.3, 0.4) is 0 Å². The van der Waals surface area contributed by atoms with Crippen molar-refractivity contribution in [3.05, 3.63) is 114 Å². The molecular weight excluding hydrogens is 699 g/mol. The average Bonchev–Trinajstić information content (AvgIpc) is 3.85. The van der Waals surface area contributed by atoms with E-state index in [1.165, 1.54) is 5.19 Å². The number of methoxy groups -OCH3 is 2. The number of nitrogens with one attached hydrogen (secondary N) is 1. The van der Waals surface area contributed by atoms with Crippen LogP contribution in [-0.2, 0) is 26.5 Å². The maximum atomic E-state index is 15.3. The summed E-state index contributed by atoms with van der Waals surface area (Å²) < 4.78 is 18.0. The van der Waals surface area contributed by atoms with E-state index in [2.05, 4.69) is 37.5 Å². The molecule has 282 valence electrons. The molecule has 1 spiro atoms. The van der Waals surface area contributed by atoms with Crippen LogP contribution in [0.4, 0.5) is 11.4 Å². The maximum Gasteiger partial charge on any atom is 0.264 e. The number of ether oxygens (including phenoxy) is 3. The van der Waals surface area contributed by atoms with Gasteiger partial charge in [-0.2, -0.15) is 0 Å². The maximum absolute atomic E-state index is 15.3. The van der Waals surface area contributed by atoms with E-state index in [-0.39, 0.29) is 48.3 Å². The quantitative estimate of drug-likeness (QED) is 0.178. The van der Waals surface area contributed by atoms with Crippen molar-refractivity contribution in [1.82, 2.24) is 4.90 Å². The molecule has 11 heteroatoms. The summed E-state index contributed by atoms with van der Waals surface area (Å²) in [6.45, 7) is 7.51. The van der Waals surface area contributed by atoms with E-state index in [0.29, 0.717) is 41.3 Å². The lowest BCUT2D eigenvalue weighted by molar-refractivity contribution is -0.150. The zero-order valence-corrected chi connectivity index (χ0v) is 32.6. The standard InChI is InChI=1S/C43H49N3O7Si/c1-28-40(54(4,5)35-20-18-34(52-3)19-21-35)38(25-39(48)45-23-9-12-32(45)27-47)53-43(28)36-24-31(44-41(49)30-13-16-33(51-2)17-14-30)15-22-37(36)46(42(43)50)26-29-10-7-6-8-11-29/h6-8,10-11,13-22,24,28,32,38,40,47H,9,12,23,25-27H2,1-5H3,(H,44,49)/t28-,32+,38+,40-,43+/m1/s1. The lowest BCUT2D eigenvalue weighted by atomic mass is 9.82. The minimum Gasteiger partial charge on any atom is -0.497 e. The highest BCUT2D eigenvalue weighted by atomic mass is 28.3. The molecule has 10 nitrogen and oxygen atoms in total. The number of fused-ring (bicyclic) bond motifs is 2. The largest absolute Gasteiger partial charge is 0.497 e. The van der Waals surface area contributed by atoms with Crippen LogP contribution < -0.4 is 24.9 Å². The lowest BCUT2D eigenvalue weighted by Crippen LogP contribution is -2.52. The van der Waals surface area contributed by atoms with Crippen molar-refractivity contribution < 1.29 is 33.7 Å². The van der Waals surface area contributed by atoms with Crippen molar-refractivity contribution in [3.63, 3.8) is 0 Å². The molecule has 4 aromatic carbocycles. The van der Waals surface area contributed by atoms with Crippen molar-refractivity contribution in [1.29, 1.82) is 0 Å². The highest BCUT2D eigenvalue weighted by Crippen LogP contribution is 2.60. The Hall–Kier alpha value is -4.97. The van der Waals surface area contributed by atoms with Crippen LogP contribution in [0.5, 0.6) is 11.5 Å². The van der Waals surface area contributed by atoms with E-state index in [1.54, 1.807) is 48.3 Å². The fraction of sp³-hybridized carbons (Fsp3) is 0.372. The van der Waals surface area contributed by atoms with Crippen LogP contribution in [0.15, 0.2) is 97.1 Å². The molecule has 0 unspecified atom stereocenters. The second kappa shape index (κ2) is 15.0. The number of likely N-dealkylation sites (tertiary alicyclic amines) is 1. The summed E-state index contributed by atoms with van der Waals surface area (Å²) in [6.07, 6.45) is 1.11. The fourth-order valence-electron chi connectivity index (χ4n) is 9.10. The Morgan fingerprint density at radius 1 is 0.944 bits per heavy atom. The summed E-state index contributed by atoms with van der Waals surface area (Å²) in [7, 11) is 0.698. The molecule has 2 N–H and O–H groups in total. The number of hydrogen-bond acceptors (Lipinski definition) is 7. The van der Waals surface area contributed by atoms with Crippen molar-refractivity contribution in [2.45, 2.75) is 69.1 Å². The van der Waals surface area contributed by atoms with E-state index >= 15 is 4.79 Å². The molecule has 0 aliphatic carbocycles. The van der Waals surface area contributed by atoms with Crippen molar-refractivity contribution in [3.8, 4) is 11.5 Å². The van der Waals surface area contributed by atoms with Crippen LogP contribution >= 0.6 is 0 Å². The van der Waals surface area contributed by atoms with Gasteiger partial charge in [0.25, 0.3) is 11.8 Å². The van der Waals surface area contributed by atoms with E-state index in [1.807, 2.05) is 60.7 Å². The first-order chi connectivity index (χ1) is 26.0. The topological polar surface area (TPSA) is 118 Å². The molecule has 3 amide bonds. The van der Waals surface area contributed by atoms with E-state index in [0.717, 1.165) is 24.2 Å². The first kappa shape index (κ1) is 37.3. The Bertz CT molecular complexity index is 2010. The SMILES string of the molecule is COc1ccc(C(=O)Nc2ccc3c(c2)[C@]2(O[C@@H](CC(=O)N4CCC[C@H]4CO)[C@H]([Si](C)(C)c4ccc(OC)cc4)[C@H]2C)C(=O)N3Cc2ccccc2)cc1. The normalized spacial score (nSPS) is 23.5. The van der Waals surface area contributed by atoms with Gasteiger partial charge in [0, 0.05) is 29.3 Å². The summed E-state index contributed by atoms with van der Waals surface area (Å²) in [5, 5.41) is 14.3. The molecule has 0 bridgehead atoms. The molecule has 3 heterocycles. The van der Waals surface area contributed by atoms with Gasteiger partial charge in [-0.25, -0.2) is 0 Å². The second-order valence-electron chi connectivity index (χ2n) is 15.2. The molecule has 2 saturated heterocycles. The van der Waals surface area contributed by atoms with Gasteiger partial charge in [0.2, 0.25) is 5.91 Å². The third-order valence-corrected chi connectivity index (χ3v) is 16.3. The first-order valence-corrected chi connectivity index (χ1v) is 21.8. The number of anilines is 2. The zero-order valence-electron chi connectivity index (χ0n) is 31.6. The molecule has 54 heavy (non-hydrogen) atoms. The van der Waals surface area contributed by atoms with Crippen LogP contribution in [0.25, 0.3) is 0 Å². The van der Waals surface area contributed by atoms with E-state index < -0.39 is 19.8 Å². The molecule has 7 rings (SSSR count). The van der Waals surface area contributed by atoms with Gasteiger partial charge in [-0.15, -0.1) is 0 Å². The molecule has 0 aromatic heterocycles. The predicted molar refractivity (Wildman–Crippen MR) is 211 cm³/mol. The Kier molecular flexibility index (Phi) is 10.4. The number of carbonyl (C=O) groups excluding carboxylic acids is 3. The molecule has 3 aliphatic rings. The second-order valence-corrected chi connectivity index (χ2v) is 19.9. The van der Waals surface area contributed by atoms with Gasteiger partial charge in [0.1, 0.15) is 11.5 Å². The monoisotopic (exact) mass is 747 g/mol. The zero-order chi connectivity index (χ0) is 38.2. The number of hydrogen-bond donors (Lipinski definition) is 2. The van der Waals surface area contributed by atoms with E-state index in [9.17, 15) is 14.7 Å². The van der Waals surface area contributed by atoms with Gasteiger partial charge in [-0.3, -0.25) is 14.4 Å². The average molecular weight is 748 g/mol. The Balaban J connectivity index is 1.32. The van der Waals surface area contributed by atoms with E-state index in [4.69, 9.17) is 14.2 Å². The van der Waals surface area contributed by atoms with Crippen LogP contribution in [0, 0.1) is 5.92 Å². The predicted octanol–water partition coefficient (Wildman–Crippen LogP) is 6.09.